The molecule has 0 amide bonds. The van der Waals surface area contributed by atoms with Gasteiger partial charge in [-0.2, -0.15) is 0 Å². The second kappa shape index (κ2) is 8.49. The van der Waals surface area contributed by atoms with Crippen molar-refractivity contribution in [2.45, 2.75) is 19.8 Å². The third-order valence-electron chi connectivity index (χ3n) is 2.62. The van der Waals surface area contributed by atoms with Crippen LogP contribution in [0.1, 0.15) is 19.8 Å². The van der Waals surface area contributed by atoms with E-state index in [-0.39, 0.29) is 5.75 Å². The third kappa shape index (κ3) is 6.11. The molecule has 0 aliphatic heterocycles. The fraction of sp³-hybridized carbons (Fsp3) is 0.538. The van der Waals surface area contributed by atoms with E-state index in [1.54, 1.807) is 25.3 Å². The predicted molar refractivity (Wildman–Crippen MR) is 85.9 cm³/mol. The molecule has 0 aromatic heterocycles. The van der Waals surface area contributed by atoms with Crippen molar-refractivity contribution in [1.29, 1.82) is 0 Å². The van der Waals surface area contributed by atoms with E-state index in [1.807, 2.05) is 0 Å². The number of rotatable bonds is 9. The molecule has 0 saturated carbocycles. The summed E-state index contributed by atoms with van der Waals surface area (Å²) in [5.41, 5.74) is 0.527. The summed E-state index contributed by atoms with van der Waals surface area (Å²) in [4.78, 5) is 0. The van der Waals surface area contributed by atoms with Crippen LogP contribution in [0.3, 0.4) is 0 Å². The standard InChI is InChI=1S/C13H21BrN2O3S/c1-3-7-15-8-4-9-20(17,18)16-11-5-6-13(19-2)12(14)10-11/h5-6,10,15-16H,3-4,7-9H2,1-2H3. The van der Waals surface area contributed by atoms with Crippen molar-refractivity contribution < 1.29 is 13.2 Å². The normalized spacial score (nSPS) is 11.3. The van der Waals surface area contributed by atoms with Gasteiger partial charge in [-0.3, -0.25) is 4.72 Å². The number of hydrogen-bond donors (Lipinski definition) is 2. The molecule has 0 atom stereocenters. The summed E-state index contributed by atoms with van der Waals surface area (Å²) in [5.74, 6) is 0.768. The zero-order chi connectivity index (χ0) is 15.0. The van der Waals surface area contributed by atoms with Gasteiger partial charge in [0.15, 0.2) is 0 Å². The van der Waals surface area contributed by atoms with Crippen molar-refractivity contribution in [3.8, 4) is 5.75 Å². The molecule has 0 unspecified atom stereocenters. The Hall–Kier alpha value is -0.790. The molecule has 0 heterocycles. The first-order valence-corrected chi connectivity index (χ1v) is 8.97. The SMILES string of the molecule is CCCNCCCS(=O)(=O)Nc1ccc(OC)c(Br)c1. The van der Waals surface area contributed by atoms with Crippen molar-refractivity contribution in [2.24, 2.45) is 0 Å². The fourth-order valence-electron chi connectivity index (χ4n) is 1.65. The maximum absolute atomic E-state index is 11.9. The van der Waals surface area contributed by atoms with Crippen LogP contribution < -0.4 is 14.8 Å². The Morgan fingerprint density at radius 2 is 2.05 bits per heavy atom. The minimum Gasteiger partial charge on any atom is -0.496 e. The van der Waals surface area contributed by atoms with Crippen molar-refractivity contribution in [2.75, 3.05) is 30.7 Å². The van der Waals surface area contributed by atoms with Gasteiger partial charge in [-0.15, -0.1) is 0 Å². The summed E-state index contributed by atoms with van der Waals surface area (Å²) >= 11 is 3.33. The molecule has 5 nitrogen and oxygen atoms in total. The lowest BCUT2D eigenvalue weighted by molar-refractivity contribution is 0.412. The molecule has 1 rings (SSSR count). The van der Waals surface area contributed by atoms with Crippen LogP contribution in [-0.4, -0.2) is 34.4 Å². The van der Waals surface area contributed by atoms with E-state index in [4.69, 9.17) is 4.74 Å². The summed E-state index contributed by atoms with van der Waals surface area (Å²) in [6.07, 6.45) is 1.64. The maximum Gasteiger partial charge on any atom is 0.232 e. The minimum absolute atomic E-state index is 0.105. The van der Waals surface area contributed by atoms with Crippen molar-refractivity contribution in [3.05, 3.63) is 22.7 Å². The number of halogens is 1. The van der Waals surface area contributed by atoms with Gasteiger partial charge >= 0.3 is 0 Å². The quantitative estimate of drug-likeness (QED) is 0.660. The molecule has 1 aromatic rings. The molecule has 2 N–H and O–H groups in total. The molecule has 0 fully saturated rings. The van der Waals surface area contributed by atoms with Crippen LogP contribution in [-0.2, 0) is 10.0 Å². The lowest BCUT2D eigenvalue weighted by Gasteiger charge is -2.10. The van der Waals surface area contributed by atoms with Crippen molar-refractivity contribution in [3.63, 3.8) is 0 Å². The molecule has 0 aliphatic carbocycles. The van der Waals surface area contributed by atoms with E-state index in [0.29, 0.717) is 28.9 Å². The highest BCUT2D eigenvalue weighted by atomic mass is 79.9. The van der Waals surface area contributed by atoms with Gasteiger partial charge in [-0.1, -0.05) is 6.92 Å². The first kappa shape index (κ1) is 17.3. The van der Waals surface area contributed by atoms with Crippen LogP contribution in [0, 0.1) is 0 Å². The van der Waals surface area contributed by atoms with Gasteiger partial charge in [-0.05, 0) is 60.1 Å². The number of anilines is 1. The van der Waals surface area contributed by atoms with Crippen LogP contribution in [0.5, 0.6) is 5.75 Å². The number of ether oxygens (including phenoxy) is 1. The van der Waals surface area contributed by atoms with Gasteiger partial charge in [0.25, 0.3) is 0 Å². The molecule has 0 spiro atoms. The monoisotopic (exact) mass is 364 g/mol. The van der Waals surface area contributed by atoms with Crippen LogP contribution in [0.25, 0.3) is 0 Å². The summed E-state index contributed by atoms with van der Waals surface area (Å²) in [5, 5.41) is 3.18. The van der Waals surface area contributed by atoms with Crippen LogP contribution in [0.2, 0.25) is 0 Å². The van der Waals surface area contributed by atoms with Crippen LogP contribution in [0.15, 0.2) is 22.7 Å². The number of benzene rings is 1. The molecular weight excluding hydrogens is 344 g/mol. The molecule has 0 aliphatic rings. The number of hydrogen-bond acceptors (Lipinski definition) is 4. The van der Waals surface area contributed by atoms with E-state index < -0.39 is 10.0 Å². The first-order valence-electron chi connectivity index (χ1n) is 6.53. The van der Waals surface area contributed by atoms with E-state index in [0.717, 1.165) is 13.0 Å². The zero-order valence-electron chi connectivity index (χ0n) is 11.8. The largest absolute Gasteiger partial charge is 0.496 e. The molecule has 0 bridgehead atoms. The highest BCUT2D eigenvalue weighted by molar-refractivity contribution is 9.10. The Labute approximate surface area is 129 Å². The van der Waals surface area contributed by atoms with Crippen molar-refractivity contribution >= 4 is 31.6 Å². The zero-order valence-corrected chi connectivity index (χ0v) is 14.2. The highest BCUT2D eigenvalue weighted by Gasteiger charge is 2.11. The van der Waals surface area contributed by atoms with Gasteiger partial charge in [0.05, 0.1) is 17.3 Å². The van der Waals surface area contributed by atoms with Crippen molar-refractivity contribution in [1.82, 2.24) is 5.32 Å². The van der Waals surface area contributed by atoms with E-state index >= 15 is 0 Å². The van der Waals surface area contributed by atoms with Gasteiger partial charge < -0.3 is 10.1 Å². The Bertz CT molecular complexity index is 520. The summed E-state index contributed by atoms with van der Waals surface area (Å²) in [7, 11) is -1.75. The first-order chi connectivity index (χ1) is 9.48. The topological polar surface area (TPSA) is 67.4 Å². The maximum atomic E-state index is 11.9. The van der Waals surface area contributed by atoms with Gasteiger partial charge in [-0.25, -0.2) is 8.42 Å². The van der Waals surface area contributed by atoms with Gasteiger partial charge in [0, 0.05) is 5.69 Å². The summed E-state index contributed by atoms with van der Waals surface area (Å²) in [6, 6.07) is 5.08. The Balaban J connectivity index is 2.51. The Morgan fingerprint density at radius 1 is 1.30 bits per heavy atom. The third-order valence-corrected chi connectivity index (χ3v) is 4.61. The van der Waals surface area contributed by atoms with E-state index in [9.17, 15) is 8.42 Å². The lowest BCUT2D eigenvalue weighted by atomic mass is 10.3. The molecule has 0 saturated heterocycles. The lowest BCUT2D eigenvalue weighted by Crippen LogP contribution is -2.22. The molecule has 1 aromatic carbocycles. The average molecular weight is 365 g/mol. The van der Waals surface area contributed by atoms with Gasteiger partial charge in [0.2, 0.25) is 10.0 Å². The smallest absolute Gasteiger partial charge is 0.232 e. The second-order valence-corrected chi connectivity index (χ2v) is 7.07. The van der Waals surface area contributed by atoms with Gasteiger partial charge in [0.1, 0.15) is 5.75 Å². The van der Waals surface area contributed by atoms with E-state index in [1.165, 1.54) is 0 Å². The summed E-state index contributed by atoms with van der Waals surface area (Å²) in [6.45, 7) is 3.70. The molecule has 7 heteroatoms. The van der Waals surface area contributed by atoms with Crippen LogP contribution in [0.4, 0.5) is 5.69 Å². The van der Waals surface area contributed by atoms with E-state index in [2.05, 4.69) is 32.9 Å². The molecular formula is C13H21BrN2O3S. The average Bonchev–Trinajstić information content (AvgIpc) is 2.38. The molecule has 20 heavy (non-hydrogen) atoms. The number of methoxy groups -OCH3 is 1. The molecule has 0 radical (unpaired) electrons. The number of nitrogens with one attached hydrogen (secondary N) is 2. The highest BCUT2D eigenvalue weighted by Crippen LogP contribution is 2.28. The second-order valence-electron chi connectivity index (χ2n) is 4.37. The predicted octanol–water partition coefficient (Wildman–Crippen LogP) is 2.59. The fourth-order valence-corrected chi connectivity index (χ4v) is 3.30. The molecule has 114 valence electrons. The number of sulfonamides is 1. The Morgan fingerprint density at radius 3 is 2.65 bits per heavy atom. The summed E-state index contributed by atoms with van der Waals surface area (Å²) < 4.78 is 32.2. The van der Waals surface area contributed by atoms with Crippen LogP contribution >= 0.6 is 15.9 Å². The Kier molecular flexibility index (Phi) is 7.32. The minimum atomic E-state index is -3.31.